The van der Waals surface area contributed by atoms with Gasteiger partial charge in [0.25, 0.3) is 5.79 Å². The third kappa shape index (κ3) is 1.89. The Bertz CT molecular complexity index is 823. The summed E-state index contributed by atoms with van der Waals surface area (Å²) in [7, 11) is 1.60. The van der Waals surface area contributed by atoms with E-state index in [0.717, 1.165) is 30.6 Å². The number of para-hydroxylation sites is 1. The second-order valence-electron chi connectivity index (χ2n) is 7.28. The van der Waals surface area contributed by atoms with Gasteiger partial charge in [-0.25, -0.2) is 0 Å². The summed E-state index contributed by atoms with van der Waals surface area (Å²) in [5.41, 5.74) is 1.57. The fourth-order valence-corrected chi connectivity index (χ4v) is 4.97. The van der Waals surface area contributed by atoms with Crippen molar-refractivity contribution in [3.05, 3.63) is 35.1 Å². The van der Waals surface area contributed by atoms with E-state index in [9.17, 15) is 9.59 Å². The summed E-state index contributed by atoms with van der Waals surface area (Å²) >= 11 is 0. The van der Waals surface area contributed by atoms with Crippen LogP contribution in [0.4, 0.5) is 0 Å². The first-order valence-corrected chi connectivity index (χ1v) is 8.98. The van der Waals surface area contributed by atoms with Crippen molar-refractivity contribution >= 4 is 11.6 Å². The van der Waals surface area contributed by atoms with Gasteiger partial charge in [0.2, 0.25) is 0 Å². The summed E-state index contributed by atoms with van der Waals surface area (Å²) in [6.45, 7) is 0. The van der Waals surface area contributed by atoms with E-state index in [-0.39, 0.29) is 17.5 Å². The third-order valence-corrected chi connectivity index (χ3v) is 5.96. The topological polar surface area (TPSA) is 61.8 Å². The van der Waals surface area contributed by atoms with E-state index in [4.69, 9.17) is 14.2 Å². The van der Waals surface area contributed by atoms with Crippen LogP contribution in [0.1, 0.15) is 50.0 Å². The Morgan fingerprint density at radius 2 is 2.00 bits per heavy atom. The van der Waals surface area contributed by atoms with Crippen LogP contribution in [0.25, 0.3) is 0 Å². The molecule has 1 fully saturated rings. The van der Waals surface area contributed by atoms with Crippen molar-refractivity contribution in [1.82, 2.24) is 0 Å². The fraction of sp³-hybridized carbons (Fsp3) is 0.500. The second kappa shape index (κ2) is 5.10. The van der Waals surface area contributed by atoms with E-state index in [0.29, 0.717) is 36.3 Å². The normalized spacial score (nSPS) is 32.8. The summed E-state index contributed by atoms with van der Waals surface area (Å²) in [6, 6.07) is 5.69. The summed E-state index contributed by atoms with van der Waals surface area (Å²) in [5.74, 6) is 0.507. The standard InChI is InChI=1S/C20H20O5/c1-23-15-9-2-5-11-16-17-12(21)6-3-8-14(17)24-20(25-19(11)15)10-4-7-13(22)18(16)20/h2,5,9,16,18H,3-4,6-8,10H2,1H3/t16-,18+,20-/m1/s1. The number of carbonyl (C=O) groups is 2. The molecule has 2 aliphatic heterocycles. The first kappa shape index (κ1) is 15.0. The molecule has 1 aromatic rings. The molecule has 0 spiro atoms. The predicted octanol–water partition coefficient (Wildman–Crippen LogP) is 3.27. The molecule has 0 N–H and O–H groups in total. The Morgan fingerprint density at radius 3 is 2.84 bits per heavy atom. The number of Topliss-reactive ketones (excluding diaryl/α,β-unsaturated/α-hetero) is 2. The van der Waals surface area contributed by atoms with Gasteiger partial charge in [0.15, 0.2) is 17.3 Å². The highest BCUT2D eigenvalue weighted by Gasteiger charge is 2.62. The average Bonchev–Trinajstić information content (AvgIpc) is 2.60. The highest BCUT2D eigenvalue weighted by molar-refractivity contribution is 6.00. The van der Waals surface area contributed by atoms with E-state index in [1.54, 1.807) is 7.11 Å². The number of benzene rings is 1. The highest BCUT2D eigenvalue weighted by atomic mass is 16.7. The third-order valence-electron chi connectivity index (χ3n) is 5.96. The number of hydrogen-bond donors (Lipinski definition) is 0. The number of ether oxygens (including phenoxy) is 3. The minimum absolute atomic E-state index is 0.105. The van der Waals surface area contributed by atoms with Crippen LogP contribution in [-0.2, 0) is 14.3 Å². The summed E-state index contributed by atoms with van der Waals surface area (Å²) in [4.78, 5) is 25.6. The summed E-state index contributed by atoms with van der Waals surface area (Å²) < 4.78 is 18.1. The second-order valence-corrected chi connectivity index (χ2v) is 7.28. The van der Waals surface area contributed by atoms with Crippen LogP contribution in [0.3, 0.4) is 0 Å². The smallest absolute Gasteiger partial charge is 0.261 e. The first-order chi connectivity index (χ1) is 12.1. The summed E-state index contributed by atoms with van der Waals surface area (Å²) in [5, 5.41) is 0. The Kier molecular flexibility index (Phi) is 3.06. The first-order valence-electron chi connectivity index (χ1n) is 8.98. The summed E-state index contributed by atoms with van der Waals surface area (Å²) in [6.07, 6.45) is 3.97. The van der Waals surface area contributed by atoms with Crippen LogP contribution in [0, 0.1) is 5.92 Å². The van der Waals surface area contributed by atoms with Gasteiger partial charge < -0.3 is 14.2 Å². The number of methoxy groups -OCH3 is 1. The van der Waals surface area contributed by atoms with Crippen LogP contribution in [0.2, 0.25) is 0 Å². The van der Waals surface area contributed by atoms with Crippen LogP contribution >= 0.6 is 0 Å². The van der Waals surface area contributed by atoms with Gasteiger partial charge in [-0.2, -0.15) is 0 Å². The minimum Gasteiger partial charge on any atom is -0.493 e. The van der Waals surface area contributed by atoms with Crippen LogP contribution in [0.5, 0.6) is 11.5 Å². The zero-order valence-corrected chi connectivity index (χ0v) is 14.2. The molecule has 5 nitrogen and oxygen atoms in total. The molecule has 5 rings (SSSR count). The monoisotopic (exact) mass is 340 g/mol. The molecular formula is C20H20O5. The van der Waals surface area contributed by atoms with Crippen molar-refractivity contribution in [3.8, 4) is 11.5 Å². The van der Waals surface area contributed by atoms with E-state index < -0.39 is 11.7 Å². The lowest BCUT2D eigenvalue weighted by molar-refractivity contribution is -0.228. The molecular weight excluding hydrogens is 320 g/mol. The fourth-order valence-electron chi connectivity index (χ4n) is 4.97. The van der Waals surface area contributed by atoms with Crippen molar-refractivity contribution in [3.63, 3.8) is 0 Å². The molecule has 4 aliphatic rings. The van der Waals surface area contributed by atoms with Crippen molar-refractivity contribution in [1.29, 1.82) is 0 Å². The molecule has 1 aromatic carbocycles. The molecule has 0 radical (unpaired) electrons. The average molecular weight is 340 g/mol. The molecule has 2 bridgehead atoms. The lowest BCUT2D eigenvalue weighted by Gasteiger charge is -2.54. The molecule has 25 heavy (non-hydrogen) atoms. The van der Waals surface area contributed by atoms with Crippen molar-refractivity contribution in [2.24, 2.45) is 5.92 Å². The molecule has 0 unspecified atom stereocenters. The van der Waals surface area contributed by atoms with Gasteiger partial charge in [0.05, 0.1) is 7.11 Å². The van der Waals surface area contributed by atoms with E-state index in [1.807, 2.05) is 18.2 Å². The Labute approximate surface area is 145 Å². The molecule has 0 amide bonds. The largest absolute Gasteiger partial charge is 0.493 e. The molecule has 5 heteroatoms. The Balaban J connectivity index is 1.80. The number of allylic oxidation sites excluding steroid dienone is 2. The van der Waals surface area contributed by atoms with E-state index in [1.165, 1.54) is 0 Å². The quantitative estimate of drug-likeness (QED) is 0.785. The van der Waals surface area contributed by atoms with Crippen molar-refractivity contribution in [2.75, 3.05) is 7.11 Å². The van der Waals surface area contributed by atoms with Crippen molar-refractivity contribution in [2.45, 2.75) is 50.2 Å². The Morgan fingerprint density at radius 1 is 1.12 bits per heavy atom. The molecule has 0 saturated heterocycles. The molecule has 0 aromatic heterocycles. The van der Waals surface area contributed by atoms with Crippen LogP contribution in [-0.4, -0.2) is 24.5 Å². The molecule has 130 valence electrons. The maximum absolute atomic E-state index is 12.9. The molecule has 2 heterocycles. The SMILES string of the molecule is COc1cccc2c1O[C@]13CCCC(=O)[C@H]1[C@H]2C1=C(CCCC1=O)O3. The molecule has 2 aliphatic carbocycles. The number of hydrogen-bond acceptors (Lipinski definition) is 5. The minimum atomic E-state index is -0.988. The van der Waals surface area contributed by atoms with Gasteiger partial charge in [-0.15, -0.1) is 0 Å². The van der Waals surface area contributed by atoms with Gasteiger partial charge in [-0.1, -0.05) is 12.1 Å². The Hall–Kier alpha value is -2.30. The molecule has 3 atom stereocenters. The number of carbonyl (C=O) groups excluding carboxylic acids is 2. The van der Waals surface area contributed by atoms with Gasteiger partial charge in [0.1, 0.15) is 17.5 Å². The van der Waals surface area contributed by atoms with Gasteiger partial charge in [0, 0.05) is 42.7 Å². The number of rotatable bonds is 1. The predicted molar refractivity (Wildman–Crippen MR) is 88.4 cm³/mol. The zero-order valence-electron chi connectivity index (χ0n) is 14.2. The van der Waals surface area contributed by atoms with Crippen molar-refractivity contribution < 1.29 is 23.8 Å². The lowest BCUT2D eigenvalue weighted by Crippen LogP contribution is -2.60. The highest BCUT2D eigenvalue weighted by Crippen LogP contribution is 2.60. The van der Waals surface area contributed by atoms with Crippen LogP contribution < -0.4 is 9.47 Å². The number of fused-ring (bicyclic) bond motifs is 3. The zero-order chi connectivity index (χ0) is 17.2. The number of ketones is 2. The van der Waals surface area contributed by atoms with Gasteiger partial charge in [-0.3, -0.25) is 9.59 Å². The van der Waals surface area contributed by atoms with Crippen LogP contribution in [0.15, 0.2) is 29.5 Å². The lowest BCUT2D eigenvalue weighted by atomic mass is 9.64. The van der Waals surface area contributed by atoms with Gasteiger partial charge in [-0.05, 0) is 18.9 Å². The maximum Gasteiger partial charge on any atom is 0.261 e. The van der Waals surface area contributed by atoms with E-state index >= 15 is 0 Å². The molecule has 1 saturated carbocycles. The van der Waals surface area contributed by atoms with E-state index in [2.05, 4.69) is 0 Å². The maximum atomic E-state index is 12.9. The van der Waals surface area contributed by atoms with Gasteiger partial charge >= 0.3 is 0 Å².